The van der Waals surface area contributed by atoms with Crippen molar-refractivity contribution < 1.29 is 9.47 Å². The van der Waals surface area contributed by atoms with Gasteiger partial charge in [-0.05, 0) is 50.4 Å². The van der Waals surface area contributed by atoms with E-state index in [1.807, 2.05) is 12.1 Å². The van der Waals surface area contributed by atoms with Gasteiger partial charge in [-0.3, -0.25) is 0 Å². The molecule has 1 aromatic rings. The van der Waals surface area contributed by atoms with Crippen LogP contribution in [0.1, 0.15) is 45.7 Å². The average Bonchev–Trinajstić information content (AvgIpc) is 2.74. The highest BCUT2D eigenvalue weighted by atomic mass is 16.5. The lowest BCUT2D eigenvalue weighted by molar-refractivity contribution is 0.0475. The van der Waals surface area contributed by atoms with Crippen molar-refractivity contribution in [2.45, 2.75) is 52.4 Å². The largest absolute Gasteiger partial charge is 0.497 e. The molecule has 21 heavy (non-hydrogen) atoms. The van der Waals surface area contributed by atoms with Crippen molar-refractivity contribution in [3.05, 3.63) is 29.8 Å². The van der Waals surface area contributed by atoms with Gasteiger partial charge in [-0.2, -0.15) is 0 Å². The maximum absolute atomic E-state index is 6.05. The highest BCUT2D eigenvalue weighted by molar-refractivity contribution is 5.30. The van der Waals surface area contributed by atoms with Gasteiger partial charge in [0.15, 0.2) is 0 Å². The van der Waals surface area contributed by atoms with Gasteiger partial charge < -0.3 is 14.8 Å². The SMILES string of the molecule is CCCNC(c1ccc(OC)cc1)C1C(C)OC(C)C1C. The number of rotatable bonds is 6. The minimum Gasteiger partial charge on any atom is -0.497 e. The first-order chi connectivity index (χ1) is 10.1. The van der Waals surface area contributed by atoms with Crippen molar-refractivity contribution in [3.8, 4) is 5.75 Å². The molecule has 1 heterocycles. The zero-order valence-electron chi connectivity index (χ0n) is 13.9. The van der Waals surface area contributed by atoms with E-state index in [4.69, 9.17) is 9.47 Å². The smallest absolute Gasteiger partial charge is 0.118 e. The molecule has 0 spiro atoms. The second-order valence-corrected chi connectivity index (χ2v) is 6.19. The first-order valence-corrected chi connectivity index (χ1v) is 8.11. The summed E-state index contributed by atoms with van der Waals surface area (Å²) in [5.41, 5.74) is 1.32. The molecule has 1 aromatic carbocycles. The van der Waals surface area contributed by atoms with E-state index < -0.39 is 0 Å². The Morgan fingerprint density at radius 1 is 1.14 bits per heavy atom. The Kier molecular flexibility index (Phi) is 5.65. The normalized spacial score (nSPS) is 30.3. The topological polar surface area (TPSA) is 30.5 Å². The number of benzene rings is 1. The van der Waals surface area contributed by atoms with Crippen LogP contribution in [-0.4, -0.2) is 25.9 Å². The maximum Gasteiger partial charge on any atom is 0.118 e. The van der Waals surface area contributed by atoms with Gasteiger partial charge >= 0.3 is 0 Å². The molecule has 5 atom stereocenters. The third-order valence-corrected chi connectivity index (χ3v) is 4.79. The molecule has 0 bridgehead atoms. The highest BCUT2D eigenvalue weighted by Gasteiger charge is 2.41. The summed E-state index contributed by atoms with van der Waals surface area (Å²) in [6.45, 7) is 9.93. The molecule has 1 saturated heterocycles. The number of hydrogen-bond acceptors (Lipinski definition) is 3. The van der Waals surface area contributed by atoms with Crippen LogP contribution in [0.2, 0.25) is 0 Å². The summed E-state index contributed by atoms with van der Waals surface area (Å²) >= 11 is 0. The summed E-state index contributed by atoms with van der Waals surface area (Å²) < 4.78 is 11.3. The van der Waals surface area contributed by atoms with Crippen LogP contribution in [0.15, 0.2) is 24.3 Å². The monoisotopic (exact) mass is 291 g/mol. The molecule has 2 rings (SSSR count). The van der Waals surface area contributed by atoms with Crippen LogP contribution in [0.4, 0.5) is 0 Å². The van der Waals surface area contributed by atoms with E-state index in [0.717, 1.165) is 18.7 Å². The van der Waals surface area contributed by atoms with Crippen LogP contribution in [0.3, 0.4) is 0 Å². The summed E-state index contributed by atoms with van der Waals surface area (Å²) in [6, 6.07) is 8.78. The fourth-order valence-electron chi connectivity index (χ4n) is 3.46. The molecule has 1 fully saturated rings. The second-order valence-electron chi connectivity index (χ2n) is 6.19. The quantitative estimate of drug-likeness (QED) is 0.865. The predicted molar refractivity (Wildman–Crippen MR) is 86.7 cm³/mol. The Morgan fingerprint density at radius 3 is 2.29 bits per heavy atom. The zero-order chi connectivity index (χ0) is 15.4. The minimum atomic E-state index is 0.284. The Hall–Kier alpha value is -1.06. The van der Waals surface area contributed by atoms with Gasteiger partial charge in [0, 0.05) is 12.0 Å². The van der Waals surface area contributed by atoms with E-state index in [1.54, 1.807) is 7.11 Å². The van der Waals surface area contributed by atoms with Crippen molar-refractivity contribution in [1.82, 2.24) is 5.32 Å². The molecular formula is C18H29NO2. The summed E-state index contributed by atoms with van der Waals surface area (Å²) in [7, 11) is 1.71. The molecule has 5 unspecified atom stereocenters. The fourth-order valence-corrected chi connectivity index (χ4v) is 3.46. The standard InChI is InChI=1S/C18H29NO2/c1-6-11-19-18(15-7-9-16(20-5)10-8-15)17-12(2)13(3)21-14(17)4/h7-10,12-14,17-19H,6,11H2,1-5H3. The van der Waals surface area contributed by atoms with Gasteiger partial charge in [0.25, 0.3) is 0 Å². The summed E-state index contributed by atoms with van der Waals surface area (Å²) in [4.78, 5) is 0. The van der Waals surface area contributed by atoms with Crippen LogP contribution in [0.5, 0.6) is 5.75 Å². The number of methoxy groups -OCH3 is 1. The summed E-state index contributed by atoms with van der Waals surface area (Å²) in [5, 5.41) is 3.73. The van der Waals surface area contributed by atoms with Crippen molar-refractivity contribution >= 4 is 0 Å². The molecule has 0 radical (unpaired) electrons. The van der Waals surface area contributed by atoms with Gasteiger partial charge in [0.2, 0.25) is 0 Å². The maximum atomic E-state index is 6.05. The molecule has 0 aromatic heterocycles. The van der Waals surface area contributed by atoms with Crippen LogP contribution < -0.4 is 10.1 Å². The first-order valence-electron chi connectivity index (χ1n) is 8.11. The lowest BCUT2D eigenvalue weighted by atomic mass is 9.80. The lowest BCUT2D eigenvalue weighted by Crippen LogP contribution is -2.35. The van der Waals surface area contributed by atoms with Crippen LogP contribution in [0, 0.1) is 11.8 Å². The van der Waals surface area contributed by atoms with E-state index in [0.29, 0.717) is 24.0 Å². The molecule has 0 aliphatic carbocycles. The number of nitrogens with one attached hydrogen (secondary N) is 1. The molecule has 3 nitrogen and oxygen atoms in total. The lowest BCUT2D eigenvalue weighted by Gasteiger charge is -2.30. The zero-order valence-corrected chi connectivity index (χ0v) is 13.9. The van der Waals surface area contributed by atoms with Crippen molar-refractivity contribution in [1.29, 1.82) is 0 Å². The van der Waals surface area contributed by atoms with E-state index in [2.05, 4.69) is 45.1 Å². The van der Waals surface area contributed by atoms with Gasteiger partial charge in [-0.1, -0.05) is 26.0 Å². The van der Waals surface area contributed by atoms with E-state index in [-0.39, 0.29) is 6.10 Å². The van der Waals surface area contributed by atoms with E-state index >= 15 is 0 Å². The molecule has 3 heteroatoms. The molecule has 0 saturated carbocycles. The Balaban J connectivity index is 2.24. The molecule has 1 N–H and O–H groups in total. The number of ether oxygens (including phenoxy) is 2. The predicted octanol–water partition coefficient (Wildman–Crippen LogP) is 3.80. The Morgan fingerprint density at radius 2 is 1.81 bits per heavy atom. The second kappa shape index (κ2) is 7.28. The van der Waals surface area contributed by atoms with Crippen molar-refractivity contribution in [2.24, 2.45) is 11.8 Å². The van der Waals surface area contributed by atoms with Crippen molar-refractivity contribution in [3.63, 3.8) is 0 Å². The molecule has 1 aliphatic rings. The van der Waals surface area contributed by atoms with Gasteiger partial charge in [-0.15, -0.1) is 0 Å². The molecular weight excluding hydrogens is 262 g/mol. The average molecular weight is 291 g/mol. The van der Waals surface area contributed by atoms with Crippen LogP contribution >= 0.6 is 0 Å². The minimum absolute atomic E-state index is 0.284. The number of hydrogen-bond donors (Lipinski definition) is 1. The summed E-state index contributed by atoms with van der Waals surface area (Å²) in [6.07, 6.45) is 1.75. The van der Waals surface area contributed by atoms with Gasteiger partial charge in [-0.25, -0.2) is 0 Å². The highest BCUT2D eigenvalue weighted by Crippen LogP contribution is 2.40. The van der Waals surface area contributed by atoms with Crippen LogP contribution in [0.25, 0.3) is 0 Å². The van der Waals surface area contributed by atoms with E-state index in [1.165, 1.54) is 5.56 Å². The van der Waals surface area contributed by atoms with Crippen LogP contribution in [-0.2, 0) is 4.74 Å². The Bertz CT molecular complexity index is 431. The Labute approximate surface area is 129 Å². The first kappa shape index (κ1) is 16.3. The molecule has 1 aliphatic heterocycles. The molecule has 0 amide bonds. The molecule has 118 valence electrons. The third-order valence-electron chi connectivity index (χ3n) is 4.79. The third kappa shape index (κ3) is 3.58. The van der Waals surface area contributed by atoms with Gasteiger partial charge in [0.05, 0.1) is 19.3 Å². The van der Waals surface area contributed by atoms with E-state index in [9.17, 15) is 0 Å². The fraction of sp³-hybridized carbons (Fsp3) is 0.667. The van der Waals surface area contributed by atoms with Gasteiger partial charge in [0.1, 0.15) is 5.75 Å². The van der Waals surface area contributed by atoms with Crippen molar-refractivity contribution in [2.75, 3.05) is 13.7 Å². The summed E-state index contributed by atoms with van der Waals surface area (Å²) in [5.74, 6) is 1.96.